The van der Waals surface area contributed by atoms with Crippen LogP contribution < -0.4 is 16.9 Å². The first-order chi connectivity index (χ1) is 11.1. The number of aromatic nitrogens is 1. The summed E-state index contributed by atoms with van der Waals surface area (Å²) in [6.45, 7) is 0.183. The van der Waals surface area contributed by atoms with Gasteiger partial charge in [0.2, 0.25) is 0 Å². The van der Waals surface area contributed by atoms with Gasteiger partial charge in [0.15, 0.2) is 5.76 Å². The molecule has 0 fully saturated rings. The summed E-state index contributed by atoms with van der Waals surface area (Å²) in [5.41, 5.74) is 14.8. The van der Waals surface area contributed by atoms with E-state index < -0.39 is 7.12 Å². The summed E-state index contributed by atoms with van der Waals surface area (Å²) in [5.74, 6) is 0.863. The summed E-state index contributed by atoms with van der Waals surface area (Å²) in [6, 6.07) is 12.3. The number of hydrogen-bond acceptors (Lipinski definition) is 6. The lowest BCUT2D eigenvalue weighted by atomic mass is 9.75. The number of benzene rings is 1. The Kier molecular flexibility index (Phi) is 4.16. The summed E-state index contributed by atoms with van der Waals surface area (Å²) in [5, 5.41) is 19.2. The van der Waals surface area contributed by atoms with Crippen LogP contribution in [0.25, 0.3) is 22.6 Å². The van der Waals surface area contributed by atoms with Gasteiger partial charge < -0.3 is 25.9 Å². The van der Waals surface area contributed by atoms with Crippen LogP contribution in [0.5, 0.6) is 0 Å². The Hall–Kier alpha value is -2.61. The van der Waals surface area contributed by atoms with Gasteiger partial charge in [0.05, 0.1) is 6.26 Å². The predicted molar refractivity (Wildman–Crippen MR) is 89.5 cm³/mol. The fourth-order valence-corrected chi connectivity index (χ4v) is 2.56. The molecule has 0 unspecified atom stereocenters. The van der Waals surface area contributed by atoms with Crippen molar-refractivity contribution in [1.82, 2.24) is 4.98 Å². The lowest BCUT2D eigenvalue weighted by Gasteiger charge is -2.15. The molecule has 0 aliphatic rings. The highest BCUT2D eigenvalue weighted by molar-refractivity contribution is 6.60. The summed E-state index contributed by atoms with van der Waals surface area (Å²) in [4.78, 5) is 4.33. The summed E-state index contributed by atoms with van der Waals surface area (Å²) in [7, 11) is -1.60. The predicted octanol–water partition coefficient (Wildman–Crippen LogP) is 0.729. The number of pyridine rings is 1. The Morgan fingerprint density at radius 3 is 2.52 bits per heavy atom. The SMILES string of the molecule is NCc1c(-c2ccccc2B(O)O)cc(-c2ccco2)nc1N. The lowest BCUT2D eigenvalue weighted by Crippen LogP contribution is -2.31. The van der Waals surface area contributed by atoms with Gasteiger partial charge >= 0.3 is 7.12 Å². The number of anilines is 1. The van der Waals surface area contributed by atoms with Gasteiger partial charge in [-0.2, -0.15) is 0 Å². The van der Waals surface area contributed by atoms with Gasteiger partial charge in [-0.3, -0.25) is 0 Å². The third-order valence-electron chi connectivity index (χ3n) is 3.66. The third-order valence-corrected chi connectivity index (χ3v) is 3.66. The fraction of sp³-hybridized carbons (Fsp3) is 0.0625. The van der Waals surface area contributed by atoms with E-state index in [9.17, 15) is 10.0 Å². The first-order valence-electron chi connectivity index (χ1n) is 7.10. The zero-order valence-electron chi connectivity index (χ0n) is 12.3. The number of rotatable bonds is 4. The molecule has 6 nitrogen and oxygen atoms in total. The third kappa shape index (κ3) is 2.85. The van der Waals surface area contributed by atoms with Crippen LogP contribution >= 0.6 is 0 Å². The topological polar surface area (TPSA) is 119 Å². The molecule has 0 aliphatic heterocycles. The molecule has 3 rings (SSSR count). The van der Waals surface area contributed by atoms with E-state index in [0.29, 0.717) is 39.4 Å². The van der Waals surface area contributed by atoms with E-state index in [1.807, 2.05) is 6.07 Å². The molecule has 0 spiro atoms. The highest BCUT2D eigenvalue weighted by Crippen LogP contribution is 2.30. The number of nitrogen functional groups attached to an aromatic ring is 1. The minimum Gasteiger partial charge on any atom is -0.463 e. The van der Waals surface area contributed by atoms with Crippen molar-refractivity contribution >= 4 is 18.4 Å². The molecule has 0 saturated heterocycles. The van der Waals surface area contributed by atoms with E-state index in [2.05, 4.69) is 4.98 Å². The van der Waals surface area contributed by atoms with Crippen molar-refractivity contribution in [2.24, 2.45) is 5.73 Å². The minimum atomic E-state index is -1.60. The van der Waals surface area contributed by atoms with Crippen LogP contribution in [0.2, 0.25) is 0 Å². The Morgan fingerprint density at radius 1 is 1.09 bits per heavy atom. The minimum absolute atomic E-state index is 0.183. The van der Waals surface area contributed by atoms with Crippen molar-refractivity contribution in [2.45, 2.75) is 6.54 Å². The molecule has 2 heterocycles. The van der Waals surface area contributed by atoms with Crippen LogP contribution in [0.15, 0.2) is 53.1 Å². The molecule has 0 amide bonds. The number of furan rings is 1. The molecule has 3 aromatic rings. The number of nitrogens with two attached hydrogens (primary N) is 2. The van der Waals surface area contributed by atoms with Crippen molar-refractivity contribution in [3.05, 3.63) is 54.3 Å². The summed E-state index contributed by atoms with van der Waals surface area (Å²) < 4.78 is 5.37. The van der Waals surface area contributed by atoms with Gasteiger partial charge in [-0.25, -0.2) is 4.98 Å². The first-order valence-corrected chi connectivity index (χ1v) is 7.10. The van der Waals surface area contributed by atoms with Crippen molar-refractivity contribution < 1.29 is 14.5 Å². The van der Waals surface area contributed by atoms with Gasteiger partial charge in [0.1, 0.15) is 11.5 Å². The second-order valence-electron chi connectivity index (χ2n) is 5.06. The largest absolute Gasteiger partial charge is 0.489 e. The van der Waals surface area contributed by atoms with E-state index in [1.165, 1.54) is 0 Å². The molecule has 7 heteroatoms. The molecule has 0 aliphatic carbocycles. The molecule has 1 aromatic carbocycles. The zero-order valence-corrected chi connectivity index (χ0v) is 12.3. The number of nitrogens with zero attached hydrogens (tertiary/aromatic N) is 1. The van der Waals surface area contributed by atoms with Gasteiger partial charge in [-0.1, -0.05) is 24.3 Å². The Morgan fingerprint density at radius 2 is 1.87 bits per heavy atom. The van der Waals surface area contributed by atoms with Crippen molar-refractivity contribution in [1.29, 1.82) is 0 Å². The maximum Gasteiger partial charge on any atom is 0.489 e. The van der Waals surface area contributed by atoms with Crippen LogP contribution in [-0.4, -0.2) is 22.2 Å². The molecule has 116 valence electrons. The Balaban J connectivity index is 2.26. The molecule has 0 radical (unpaired) electrons. The quantitative estimate of drug-likeness (QED) is 0.528. The molecule has 0 saturated carbocycles. The monoisotopic (exact) mass is 309 g/mol. The van der Waals surface area contributed by atoms with E-state index in [-0.39, 0.29) is 6.54 Å². The van der Waals surface area contributed by atoms with Crippen LogP contribution in [-0.2, 0) is 6.54 Å². The maximum absolute atomic E-state index is 9.61. The van der Waals surface area contributed by atoms with Crippen molar-refractivity contribution in [3.8, 4) is 22.6 Å². The van der Waals surface area contributed by atoms with Gasteiger partial charge in [-0.05, 0) is 34.8 Å². The van der Waals surface area contributed by atoms with Crippen LogP contribution in [0.1, 0.15) is 5.56 Å². The normalized spacial score (nSPS) is 10.7. The molecule has 23 heavy (non-hydrogen) atoms. The number of hydrogen-bond donors (Lipinski definition) is 4. The van der Waals surface area contributed by atoms with Gasteiger partial charge in [0, 0.05) is 12.1 Å². The first kappa shape index (κ1) is 15.3. The molecule has 0 bridgehead atoms. The van der Waals surface area contributed by atoms with Crippen LogP contribution in [0.4, 0.5) is 5.82 Å². The van der Waals surface area contributed by atoms with Crippen LogP contribution in [0.3, 0.4) is 0 Å². The molecule has 2 aromatic heterocycles. The fourth-order valence-electron chi connectivity index (χ4n) is 2.56. The van der Waals surface area contributed by atoms with E-state index >= 15 is 0 Å². The van der Waals surface area contributed by atoms with Gasteiger partial charge in [-0.15, -0.1) is 0 Å². The zero-order chi connectivity index (χ0) is 16.4. The van der Waals surface area contributed by atoms with Crippen molar-refractivity contribution in [2.75, 3.05) is 5.73 Å². The Labute approximate surface area is 133 Å². The standard InChI is InChI=1S/C16H16BN3O3/c18-9-12-11(10-4-1-2-5-13(10)17(21)22)8-14(20-16(12)19)15-6-3-7-23-15/h1-8,21-22H,9,18H2,(H2,19,20). The van der Waals surface area contributed by atoms with Crippen molar-refractivity contribution in [3.63, 3.8) is 0 Å². The Bertz CT molecular complexity index is 819. The average Bonchev–Trinajstić information content (AvgIpc) is 3.08. The summed E-state index contributed by atoms with van der Waals surface area (Å²) >= 11 is 0. The van der Waals surface area contributed by atoms with Gasteiger partial charge in [0.25, 0.3) is 0 Å². The molecule has 0 atom stereocenters. The molecular formula is C16H16BN3O3. The molecule has 6 N–H and O–H groups in total. The van der Waals surface area contributed by atoms with E-state index in [4.69, 9.17) is 15.9 Å². The highest BCUT2D eigenvalue weighted by atomic mass is 16.4. The van der Waals surface area contributed by atoms with E-state index in [0.717, 1.165) is 0 Å². The maximum atomic E-state index is 9.61. The van der Waals surface area contributed by atoms with E-state index in [1.54, 1.807) is 42.7 Å². The second-order valence-corrected chi connectivity index (χ2v) is 5.06. The second kappa shape index (κ2) is 6.25. The lowest BCUT2D eigenvalue weighted by molar-refractivity contribution is 0.426. The van der Waals surface area contributed by atoms with Crippen LogP contribution in [0, 0.1) is 0 Å². The average molecular weight is 309 g/mol. The molecular weight excluding hydrogens is 293 g/mol. The summed E-state index contributed by atoms with van der Waals surface area (Å²) in [6.07, 6.45) is 1.55. The smallest absolute Gasteiger partial charge is 0.463 e. The highest BCUT2D eigenvalue weighted by Gasteiger charge is 2.20.